The summed E-state index contributed by atoms with van der Waals surface area (Å²) in [6, 6.07) is 3.74. The second-order valence-corrected chi connectivity index (χ2v) is 5.29. The molecule has 0 bridgehead atoms. The lowest BCUT2D eigenvalue weighted by Crippen LogP contribution is -2.19. The number of alkyl halides is 1. The summed E-state index contributed by atoms with van der Waals surface area (Å²) >= 11 is 6.50. The SMILES string of the molecule is Cc1cc(C(Cl)C2CCOCC2)cc(C)c1F. The van der Waals surface area contributed by atoms with Crippen LogP contribution < -0.4 is 0 Å². The van der Waals surface area contributed by atoms with Crippen LogP contribution >= 0.6 is 11.6 Å². The minimum atomic E-state index is -0.121. The minimum absolute atomic E-state index is 0.0306. The molecule has 3 heteroatoms. The molecule has 2 rings (SSSR count). The third kappa shape index (κ3) is 2.80. The first-order valence-corrected chi connectivity index (χ1v) is 6.51. The molecule has 0 saturated carbocycles. The van der Waals surface area contributed by atoms with Crippen molar-refractivity contribution in [3.8, 4) is 0 Å². The van der Waals surface area contributed by atoms with Gasteiger partial charge in [-0.1, -0.05) is 12.1 Å². The van der Waals surface area contributed by atoms with Crippen LogP contribution in [0.15, 0.2) is 12.1 Å². The maximum atomic E-state index is 13.6. The molecule has 1 saturated heterocycles. The number of aryl methyl sites for hydroxylation is 2. The summed E-state index contributed by atoms with van der Waals surface area (Å²) in [5.41, 5.74) is 2.39. The van der Waals surface area contributed by atoms with Gasteiger partial charge in [0.2, 0.25) is 0 Å². The Bertz CT molecular complexity index is 376. The first-order valence-electron chi connectivity index (χ1n) is 6.08. The number of ether oxygens (including phenoxy) is 1. The van der Waals surface area contributed by atoms with Gasteiger partial charge in [0.1, 0.15) is 5.82 Å². The number of halogens is 2. The normalized spacial score (nSPS) is 19.3. The number of hydrogen-bond acceptors (Lipinski definition) is 1. The topological polar surface area (TPSA) is 9.23 Å². The molecule has 17 heavy (non-hydrogen) atoms. The molecule has 1 aliphatic rings. The molecule has 1 heterocycles. The van der Waals surface area contributed by atoms with Crippen LogP contribution in [-0.2, 0) is 4.74 Å². The molecule has 1 aromatic rings. The molecule has 1 aliphatic heterocycles. The third-order valence-electron chi connectivity index (χ3n) is 3.46. The fourth-order valence-electron chi connectivity index (χ4n) is 2.42. The van der Waals surface area contributed by atoms with Gasteiger partial charge in [-0.3, -0.25) is 0 Å². The van der Waals surface area contributed by atoms with Crippen LogP contribution in [0.2, 0.25) is 0 Å². The Morgan fingerprint density at radius 2 is 1.76 bits per heavy atom. The number of hydrogen-bond donors (Lipinski definition) is 0. The van der Waals surface area contributed by atoms with E-state index >= 15 is 0 Å². The summed E-state index contributed by atoms with van der Waals surface area (Å²) in [7, 11) is 0. The molecule has 1 fully saturated rings. The average Bonchev–Trinajstić information content (AvgIpc) is 2.35. The van der Waals surface area contributed by atoms with Crippen molar-refractivity contribution in [2.45, 2.75) is 32.1 Å². The van der Waals surface area contributed by atoms with Crippen LogP contribution in [0.3, 0.4) is 0 Å². The van der Waals surface area contributed by atoms with Gasteiger partial charge in [-0.15, -0.1) is 11.6 Å². The molecule has 0 N–H and O–H groups in total. The van der Waals surface area contributed by atoms with Crippen molar-refractivity contribution < 1.29 is 9.13 Å². The van der Waals surface area contributed by atoms with E-state index in [2.05, 4.69) is 0 Å². The Morgan fingerprint density at radius 3 is 2.29 bits per heavy atom. The Balaban J connectivity index is 2.21. The molecule has 0 spiro atoms. The van der Waals surface area contributed by atoms with Gasteiger partial charge in [0.25, 0.3) is 0 Å². The van der Waals surface area contributed by atoms with E-state index in [4.69, 9.17) is 16.3 Å². The third-order valence-corrected chi connectivity index (χ3v) is 4.07. The minimum Gasteiger partial charge on any atom is -0.381 e. The highest BCUT2D eigenvalue weighted by Gasteiger charge is 2.24. The van der Waals surface area contributed by atoms with Crippen LogP contribution in [0.25, 0.3) is 0 Å². The molecular weight excluding hydrogens is 239 g/mol. The molecule has 1 atom stereocenters. The Hall–Kier alpha value is -0.600. The smallest absolute Gasteiger partial charge is 0.129 e. The van der Waals surface area contributed by atoms with E-state index in [0.29, 0.717) is 17.0 Å². The van der Waals surface area contributed by atoms with Crippen LogP contribution in [0.4, 0.5) is 4.39 Å². The lowest BCUT2D eigenvalue weighted by Gasteiger charge is -2.27. The highest BCUT2D eigenvalue weighted by Crippen LogP contribution is 2.36. The molecule has 0 aromatic heterocycles. The fourth-order valence-corrected chi connectivity index (χ4v) is 2.80. The molecular formula is C14H18ClFO. The maximum Gasteiger partial charge on any atom is 0.129 e. The maximum absolute atomic E-state index is 13.6. The van der Waals surface area contributed by atoms with Gasteiger partial charge >= 0.3 is 0 Å². The van der Waals surface area contributed by atoms with Gasteiger partial charge in [0, 0.05) is 13.2 Å². The first kappa shape index (κ1) is 12.8. The van der Waals surface area contributed by atoms with E-state index in [1.807, 2.05) is 12.1 Å². The van der Waals surface area contributed by atoms with Gasteiger partial charge in [-0.2, -0.15) is 0 Å². The Morgan fingerprint density at radius 1 is 1.24 bits per heavy atom. The van der Waals surface area contributed by atoms with E-state index in [1.165, 1.54) is 0 Å². The van der Waals surface area contributed by atoms with Crippen LogP contribution in [-0.4, -0.2) is 13.2 Å². The Kier molecular flexibility index (Phi) is 4.05. The molecule has 0 amide bonds. The molecule has 1 nitrogen and oxygen atoms in total. The second-order valence-electron chi connectivity index (χ2n) is 4.82. The standard InChI is InChI=1S/C14H18ClFO/c1-9-7-12(8-10(2)14(9)16)13(15)11-3-5-17-6-4-11/h7-8,11,13H,3-6H2,1-2H3. The van der Waals surface area contributed by atoms with Crippen molar-refractivity contribution in [2.24, 2.45) is 5.92 Å². The van der Waals surface area contributed by atoms with E-state index in [1.54, 1.807) is 13.8 Å². The molecule has 0 aliphatic carbocycles. The number of benzene rings is 1. The van der Waals surface area contributed by atoms with Crippen molar-refractivity contribution in [2.75, 3.05) is 13.2 Å². The van der Waals surface area contributed by atoms with Crippen LogP contribution in [0.1, 0.15) is 34.9 Å². The average molecular weight is 257 g/mol. The van der Waals surface area contributed by atoms with Crippen molar-refractivity contribution in [1.29, 1.82) is 0 Å². The highest BCUT2D eigenvalue weighted by atomic mass is 35.5. The van der Waals surface area contributed by atoms with E-state index in [-0.39, 0.29) is 11.2 Å². The fraction of sp³-hybridized carbons (Fsp3) is 0.571. The molecule has 1 unspecified atom stereocenters. The summed E-state index contributed by atoms with van der Waals surface area (Å²) < 4.78 is 18.9. The van der Waals surface area contributed by atoms with Gasteiger partial charge in [0.15, 0.2) is 0 Å². The van der Waals surface area contributed by atoms with Crippen molar-refractivity contribution in [1.82, 2.24) is 0 Å². The van der Waals surface area contributed by atoms with Crippen LogP contribution in [0, 0.1) is 25.6 Å². The predicted octanol–water partition coefficient (Wildman–Crippen LogP) is 4.15. The number of rotatable bonds is 2. The molecule has 1 aromatic carbocycles. The Labute approximate surface area is 107 Å². The summed E-state index contributed by atoms with van der Waals surface area (Å²) in [6.07, 6.45) is 1.98. The van der Waals surface area contributed by atoms with Gasteiger partial charge in [-0.05, 0) is 49.3 Å². The van der Waals surface area contributed by atoms with Crippen molar-refractivity contribution in [3.63, 3.8) is 0 Å². The largest absolute Gasteiger partial charge is 0.381 e. The summed E-state index contributed by atoms with van der Waals surface area (Å²) in [5, 5.41) is -0.0306. The highest BCUT2D eigenvalue weighted by molar-refractivity contribution is 6.21. The molecule has 0 radical (unpaired) electrons. The lowest BCUT2D eigenvalue weighted by atomic mass is 9.90. The predicted molar refractivity (Wildman–Crippen MR) is 68.0 cm³/mol. The zero-order chi connectivity index (χ0) is 12.4. The lowest BCUT2D eigenvalue weighted by molar-refractivity contribution is 0.0650. The molecule has 94 valence electrons. The quantitative estimate of drug-likeness (QED) is 0.723. The van der Waals surface area contributed by atoms with Crippen molar-refractivity contribution in [3.05, 3.63) is 34.6 Å². The first-order chi connectivity index (χ1) is 8.09. The monoisotopic (exact) mass is 256 g/mol. The zero-order valence-electron chi connectivity index (χ0n) is 10.3. The van der Waals surface area contributed by atoms with Gasteiger partial charge < -0.3 is 4.74 Å². The summed E-state index contributed by atoms with van der Waals surface area (Å²) in [6.45, 7) is 5.15. The van der Waals surface area contributed by atoms with Gasteiger partial charge in [-0.25, -0.2) is 4.39 Å². The van der Waals surface area contributed by atoms with E-state index in [9.17, 15) is 4.39 Å². The van der Waals surface area contributed by atoms with E-state index in [0.717, 1.165) is 31.6 Å². The second kappa shape index (κ2) is 5.36. The van der Waals surface area contributed by atoms with Gasteiger partial charge in [0.05, 0.1) is 5.38 Å². The summed E-state index contributed by atoms with van der Waals surface area (Å²) in [4.78, 5) is 0. The van der Waals surface area contributed by atoms with Crippen LogP contribution in [0.5, 0.6) is 0 Å². The van der Waals surface area contributed by atoms with E-state index < -0.39 is 0 Å². The van der Waals surface area contributed by atoms with Crippen molar-refractivity contribution >= 4 is 11.6 Å². The summed E-state index contributed by atoms with van der Waals surface area (Å²) in [5.74, 6) is 0.319. The zero-order valence-corrected chi connectivity index (χ0v) is 11.1.